The van der Waals surface area contributed by atoms with Gasteiger partial charge in [0.05, 0.1) is 10.6 Å². The third-order valence-electron chi connectivity index (χ3n) is 4.88. The number of nitrogens with one attached hydrogen (secondary N) is 3. The lowest BCUT2D eigenvalue weighted by Crippen LogP contribution is -2.44. The fourth-order valence-corrected chi connectivity index (χ4v) is 3.30. The van der Waals surface area contributed by atoms with Crippen LogP contribution in [0.1, 0.15) is 28.8 Å². The van der Waals surface area contributed by atoms with Crippen LogP contribution in [0, 0.1) is 0 Å². The zero-order chi connectivity index (χ0) is 19.1. The Morgan fingerprint density at radius 1 is 1.00 bits per heavy atom. The van der Waals surface area contributed by atoms with Crippen molar-refractivity contribution in [3.63, 3.8) is 0 Å². The summed E-state index contributed by atoms with van der Waals surface area (Å²) in [6, 6.07) is 17.6. The van der Waals surface area contributed by atoms with Gasteiger partial charge in [-0.3, -0.25) is 9.79 Å². The molecule has 3 rings (SSSR count). The van der Waals surface area contributed by atoms with Gasteiger partial charge in [-0.2, -0.15) is 0 Å². The smallest absolute Gasteiger partial charge is 0.252 e. The first-order valence-corrected chi connectivity index (χ1v) is 9.55. The van der Waals surface area contributed by atoms with E-state index in [1.165, 1.54) is 18.4 Å². The monoisotopic (exact) mass is 384 g/mol. The molecule has 5 nitrogen and oxygen atoms in total. The molecule has 6 heteroatoms. The first-order valence-electron chi connectivity index (χ1n) is 9.17. The number of benzene rings is 2. The predicted molar refractivity (Wildman–Crippen MR) is 111 cm³/mol. The van der Waals surface area contributed by atoms with Gasteiger partial charge < -0.3 is 16.0 Å². The minimum atomic E-state index is -0.175. The highest BCUT2D eigenvalue weighted by Gasteiger charge is 2.43. The Morgan fingerprint density at radius 3 is 2.33 bits per heavy atom. The number of rotatable bonds is 7. The van der Waals surface area contributed by atoms with Gasteiger partial charge in [0.25, 0.3) is 5.91 Å². The molecule has 1 aliphatic rings. The van der Waals surface area contributed by atoms with Crippen molar-refractivity contribution in [2.75, 3.05) is 26.7 Å². The summed E-state index contributed by atoms with van der Waals surface area (Å²) >= 11 is 6.04. The first-order chi connectivity index (χ1) is 13.1. The zero-order valence-corrected chi connectivity index (χ0v) is 16.2. The number of hydrogen-bond acceptors (Lipinski definition) is 2. The lowest BCUT2D eigenvalue weighted by Gasteiger charge is -2.19. The molecule has 0 unspecified atom stereocenters. The summed E-state index contributed by atoms with van der Waals surface area (Å²) in [7, 11) is 1.75. The van der Waals surface area contributed by atoms with Crippen LogP contribution in [0.4, 0.5) is 0 Å². The molecule has 1 fully saturated rings. The minimum absolute atomic E-state index is 0.175. The highest BCUT2D eigenvalue weighted by Crippen LogP contribution is 2.47. The maximum absolute atomic E-state index is 12.1. The van der Waals surface area contributed by atoms with Crippen LogP contribution in [-0.2, 0) is 5.41 Å². The van der Waals surface area contributed by atoms with Gasteiger partial charge in [0.1, 0.15) is 0 Å². The third-order valence-corrected chi connectivity index (χ3v) is 5.21. The zero-order valence-electron chi connectivity index (χ0n) is 15.5. The van der Waals surface area contributed by atoms with Crippen molar-refractivity contribution in [2.24, 2.45) is 4.99 Å². The van der Waals surface area contributed by atoms with Gasteiger partial charge >= 0.3 is 0 Å². The molecule has 0 radical (unpaired) electrons. The summed E-state index contributed by atoms with van der Waals surface area (Å²) in [5.74, 6) is 0.565. The quantitative estimate of drug-likeness (QED) is 0.390. The van der Waals surface area contributed by atoms with E-state index in [1.807, 2.05) is 6.07 Å². The highest BCUT2D eigenvalue weighted by molar-refractivity contribution is 6.33. The predicted octanol–water partition coefficient (Wildman–Crippen LogP) is 2.97. The topological polar surface area (TPSA) is 65.5 Å². The Balaban J connectivity index is 1.41. The fourth-order valence-electron chi connectivity index (χ4n) is 3.08. The lowest BCUT2D eigenvalue weighted by atomic mass is 9.96. The summed E-state index contributed by atoms with van der Waals surface area (Å²) in [5.41, 5.74) is 2.08. The Labute approximate surface area is 165 Å². The molecule has 142 valence electrons. The van der Waals surface area contributed by atoms with E-state index < -0.39 is 0 Å². The van der Waals surface area contributed by atoms with Crippen molar-refractivity contribution in [1.29, 1.82) is 0 Å². The van der Waals surface area contributed by atoms with E-state index in [0.29, 0.717) is 23.7 Å². The van der Waals surface area contributed by atoms with Gasteiger partial charge in [-0.05, 0) is 30.5 Å². The number of hydrogen-bond donors (Lipinski definition) is 3. The minimum Gasteiger partial charge on any atom is -0.356 e. The molecule has 0 heterocycles. The van der Waals surface area contributed by atoms with Crippen LogP contribution in [0.25, 0.3) is 0 Å². The van der Waals surface area contributed by atoms with Gasteiger partial charge in [0.2, 0.25) is 0 Å². The summed E-state index contributed by atoms with van der Waals surface area (Å²) in [4.78, 5) is 16.4. The molecule has 0 spiro atoms. The number of amides is 1. The van der Waals surface area contributed by atoms with Gasteiger partial charge in [0, 0.05) is 32.1 Å². The lowest BCUT2D eigenvalue weighted by molar-refractivity contribution is 0.0954. The number of aliphatic imine (C=N–C) groups is 1. The molecular formula is C21H25ClN4O. The van der Waals surface area contributed by atoms with Crippen LogP contribution in [0.3, 0.4) is 0 Å². The van der Waals surface area contributed by atoms with Crippen LogP contribution in [0.15, 0.2) is 59.6 Å². The molecule has 0 bridgehead atoms. The SMILES string of the molecule is CN=C(NCCNC(=O)c1ccccc1Cl)NCC1(c2ccccc2)CC1. The molecule has 0 atom stereocenters. The molecule has 2 aromatic carbocycles. The van der Waals surface area contributed by atoms with Crippen LogP contribution >= 0.6 is 11.6 Å². The largest absolute Gasteiger partial charge is 0.356 e. The fraction of sp³-hybridized carbons (Fsp3) is 0.333. The normalized spacial score (nSPS) is 15.1. The Hall–Kier alpha value is -2.53. The highest BCUT2D eigenvalue weighted by atomic mass is 35.5. The number of carbonyl (C=O) groups is 1. The van der Waals surface area contributed by atoms with Crippen molar-refractivity contribution in [1.82, 2.24) is 16.0 Å². The van der Waals surface area contributed by atoms with Crippen LogP contribution < -0.4 is 16.0 Å². The van der Waals surface area contributed by atoms with Gasteiger partial charge in [-0.1, -0.05) is 54.1 Å². The van der Waals surface area contributed by atoms with Crippen LogP contribution in [0.2, 0.25) is 5.02 Å². The van der Waals surface area contributed by atoms with Gasteiger partial charge in [0.15, 0.2) is 5.96 Å². The van der Waals surface area contributed by atoms with Crippen LogP contribution in [0.5, 0.6) is 0 Å². The summed E-state index contributed by atoms with van der Waals surface area (Å²) in [5, 5.41) is 9.95. The third kappa shape index (κ3) is 5.01. The van der Waals surface area contributed by atoms with Crippen molar-refractivity contribution in [3.05, 3.63) is 70.7 Å². The van der Waals surface area contributed by atoms with Gasteiger partial charge in [-0.15, -0.1) is 0 Å². The van der Waals surface area contributed by atoms with Crippen molar-refractivity contribution < 1.29 is 4.79 Å². The molecule has 0 aromatic heterocycles. The van der Waals surface area contributed by atoms with E-state index in [9.17, 15) is 4.79 Å². The standard InChI is InChI=1S/C21H25ClN4O/c1-23-20(26-15-21(11-12-21)16-7-3-2-4-8-16)25-14-13-24-19(27)17-9-5-6-10-18(17)22/h2-10H,11-15H2,1H3,(H,24,27)(H2,23,25,26). The number of carbonyl (C=O) groups excluding carboxylic acids is 1. The van der Waals surface area contributed by atoms with Gasteiger partial charge in [-0.25, -0.2) is 0 Å². The van der Waals surface area contributed by atoms with Crippen molar-refractivity contribution in [2.45, 2.75) is 18.3 Å². The molecular weight excluding hydrogens is 360 g/mol. The molecule has 3 N–H and O–H groups in total. The van der Waals surface area contributed by atoms with Crippen molar-refractivity contribution >= 4 is 23.5 Å². The van der Waals surface area contributed by atoms with E-state index >= 15 is 0 Å². The van der Waals surface area contributed by atoms with Crippen LogP contribution in [-0.4, -0.2) is 38.5 Å². The first kappa shape index (κ1) is 19.2. The number of nitrogens with zero attached hydrogens (tertiary/aromatic N) is 1. The molecule has 0 saturated heterocycles. The summed E-state index contributed by atoms with van der Waals surface area (Å²) in [6.07, 6.45) is 2.38. The molecule has 2 aromatic rings. The Morgan fingerprint density at radius 2 is 1.67 bits per heavy atom. The average molecular weight is 385 g/mol. The maximum atomic E-state index is 12.1. The molecule has 1 aliphatic carbocycles. The second-order valence-electron chi connectivity index (χ2n) is 6.73. The summed E-state index contributed by atoms with van der Waals surface area (Å²) in [6.45, 7) is 1.91. The molecule has 1 amide bonds. The Bertz CT molecular complexity index is 803. The van der Waals surface area contributed by atoms with E-state index in [2.05, 4.69) is 45.2 Å². The maximum Gasteiger partial charge on any atom is 0.252 e. The summed E-state index contributed by atoms with van der Waals surface area (Å²) < 4.78 is 0. The number of halogens is 1. The van der Waals surface area contributed by atoms with E-state index in [0.717, 1.165) is 12.5 Å². The molecule has 1 saturated carbocycles. The second kappa shape index (κ2) is 8.91. The van der Waals surface area contributed by atoms with E-state index in [-0.39, 0.29) is 11.3 Å². The molecule has 0 aliphatic heterocycles. The van der Waals surface area contributed by atoms with E-state index in [1.54, 1.807) is 31.3 Å². The number of guanidine groups is 1. The van der Waals surface area contributed by atoms with E-state index in [4.69, 9.17) is 11.6 Å². The Kier molecular flexibility index (Phi) is 6.35. The average Bonchev–Trinajstić information content (AvgIpc) is 3.49. The molecule has 27 heavy (non-hydrogen) atoms. The van der Waals surface area contributed by atoms with Crippen molar-refractivity contribution in [3.8, 4) is 0 Å². The second-order valence-corrected chi connectivity index (χ2v) is 7.14.